The summed E-state index contributed by atoms with van der Waals surface area (Å²) in [6, 6.07) is 1.84. The zero-order valence-corrected chi connectivity index (χ0v) is 13.0. The van der Waals surface area contributed by atoms with Crippen molar-refractivity contribution in [2.75, 3.05) is 6.54 Å². The monoisotopic (exact) mass is 344 g/mol. The standard InChI is InChI=1S/C13H17BrN2O2S/c14-11-7-12(9-15-8-11)19(17,18)16-6-5-10-3-1-2-4-13(10)16/h7-10,13H,1-6H2. The highest BCUT2D eigenvalue weighted by atomic mass is 79.9. The predicted octanol–water partition coefficient (Wildman–Crippen LogP) is 2.80. The van der Waals surface area contributed by atoms with E-state index in [9.17, 15) is 8.42 Å². The molecule has 0 radical (unpaired) electrons. The minimum Gasteiger partial charge on any atom is -0.262 e. The number of fused-ring (bicyclic) bond motifs is 1. The van der Waals surface area contributed by atoms with E-state index in [-0.39, 0.29) is 6.04 Å². The van der Waals surface area contributed by atoms with Crippen LogP contribution >= 0.6 is 15.9 Å². The van der Waals surface area contributed by atoms with E-state index in [0.717, 1.165) is 19.3 Å². The second kappa shape index (κ2) is 5.14. The Hall–Kier alpha value is -0.460. The summed E-state index contributed by atoms with van der Waals surface area (Å²) in [6.45, 7) is 0.657. The maximum absolute atomic E-state index is 12.7. The van der Waals surface area contributed by atoms with Crippen molar-refractivity contribution in [3.8, 4) is 0 Å². The van der Waals surface area contributed by atoms with E-state index in [2.05, 4.69) is 20.9 Å². The molecule has 0 bridgehead atoms. The van der Waals surface area contributed by atoms with Gasteiger partial charge in [0.15, 0.2) is 0 Å². The normalized spacial score (nSPS) is 28.3. The van der Waals surface area contributed by atoms with Crippen LogP contribution in [0.3, 0.4) is 0 Å². The fourth-order valence-electron chi connectivity index (χ4n) is 3.33. The minimum absolute atomic E-state index is 0.206. The van der Waals surface area contributed by atoms with Crippen LogP contribution in [0.25, 0.3) is 0 Å². The Morgan fingerprint density at radius 2 is 2.00 bits per heavy atom. The highest BCUT2D eigenvalue weighted by molar-refractivity contribution is 9.10. The quantitative estimate of drug-likeness (QED) is 0.828. The summed E-state index contributed by atoms with van der Waals surface area (Å²) in [5.41, 5.74) is 0. The molecule has 1 aromatic rings. The van der Waals surface area contributed by atoms with Crippen molar-refractivity contribution in [3.05, 3.63) is 22.9 Å². The molecule has 1 aliphatic heterocycles. The summed E-state index contributed by atoms with van der Waals surface area (Å²) in [5.74, 6) is 0.559. The largest absolute Gasteiger partial charge is 0.262 e. The molecule has 2 aliphatic rings. The van der Waals surface area contributed by atoms with Gasteiger partial charge < -0.3 is 0 Å². The van der Waals surface area contributed by atoms with Crippen LogP contribution in [0.2, 0.25) is 0 Å². The number of rotatable bonds is 2. The molecule has 2 fully saturated rings. The van der Waals surface area contributed by atoms with Crippen LogP contribution in [0.1, 0.15) is 32.1 Å². The SMILES string of the molecule is O=S(=O)(c1cncc(Br)c1)N1CCC2CCCCC21. The van der Waals surface area contributed by atoms with Crippen molar-refractivity contribution in [3.63, 3.8) is 0 Å². The zero-order valence-electron chi connectivity index (χ0n) is 10.6. The first-order chi connectivity index (χ1) is 9.09. The zero-order chi connectivity index (χ0) is 13.5. The molecule has 1 aliphatic carbocycles. The molecule has 2 atom stereocenters. The summed E-state index contributed by atoms with van der Waals surface area (Å²) < 4.78 is 27.8. The van der Waals surface area contributed by atoms with Crippen molar-refractivity contribution in [2.45, 2.75) is 43.0 Å². The molecule has 2 unspecified atom stereocenters. The fraction of sp³-hybridized carbons (Fsp3) is 0.615. The first-order valence-corrected chi connectivity index (χ1v) is 8.95. The van der Waals surface area contributed by atoms with Crippen molar-refractivity contribution in [1.82, 2.24) is 9.29 Å². The van der Waals surface area contributed by atoms with E-state index in [1.54, 1.807) is 16.6 Å². The fourth-order valence-corrected chi connectivity index (χ4v) is 5.57. The number of pyridine rings is 1. The van der Waals surface area contributed by atoms with E-state index in [4.69, 9.17) is 0 Å². The Bertz CT molecular complexity index is 576. The van der Waals surface area contributed by atoms with Crippen LogP contribution in [0, 0.1) is 5.92 Å². The summed E-state index contributed by atoms with van der Waals surface area (Å²) in [6.07, 6.45) is 8.62. The molecule has 1 aromatic heterocycles. The maximum atomic E-state index is 12.7. The molecule has 1 saturated carbocycles. The maximum Gasteiger partial charge on any atom is 0.244 e. The Morgan fingerprint density at radius 1 is 1.21 bits per heavy atom. The Balaban J connectivity index is 1.92. The molecule has 19 heavy (non-hydrogen) atoms. The molecule has 0 amide bonds. The molecule has 6 heteroatoms. The van der Waals surface area contributed by atoms with Crippen LogP contribution in [0.4, 0.5) is 0 Å². The molecule has 0 N–H and O–H groups in total. The summed E-state index contributed by atoms with van der Waals surface area (Å²) in [4.78, 5) is 4.27. The molecule has 0 spiro atoms. The third kappa shape index (κ3) is 2.45. The molecule has 0 aromatic carbocycles. The first kappa shape index (κ1) is 13.5. The second-order valence-corrected chi connectivity index (χ2v) is 8.16. The Morgan fingerprint density at radius 3 is 2.79 bits per heavy atom. The van der Waals surface area contributed by atoms with Gasteiger partial charge in [-0.3, -0.25) is 4.98 Å². The molecule has 4 nitrogen and oxygen atoms in total. The van der Waals surface area contributed by atoms with Crippen molar-refractivity contribution < 1.29 is 8.42 Å². The van der Waals surface area contributed by atoms with Gasteiger partial charge in [-0.2, -0.15) is 4.31 Å². The highest BCUT2D eigenvalue weighted by Gasteiger charge is 2.42. The van der Waals surface area contributed by atoms with Crippen LogP contribution in [-0.2, 0) is 10.0 Å². The van der Waals surface area contributed by atoms with E-state index >= 15 is 0 Å². The summed E-state index contributed by atoms with van der Waals surface area (Å²) >= 11 is 3.29. The summed E-state index contributed by atoms with van der Waals surface area (Å²) in [5, 5.41) is 0. The molecular formula is C13H17BrN2O2S. The third-order valence-corrected chi connectivity index (χ3v) is 6.57. The number of nitrogens with zero attached hydrogens (tertiary/aromatic N) is 2. The molecule has 104 valence electrons. The van der Waals surface area contributed by atoms with Crippen molar-refractivity contribution >= 4 is 26.0 Å². The van der Waals surface area contributed by atoms with E-state index in [1.165, 1.54) is 19.0 Å². The molecule has 1 saturated heterocycles. The Labute approximate surface area is 122 Å². The van der Waals surface area contributed by atoms with Gasteiger partial charge in [0.05, 0.1) is 0 Å². The van der Waals surface area contributed by atoms with Crippen molar-refractivity contribution in [1.29, 1.82) is 0 Å². The lowest BCUT2D eigenvalue weighted by atomic mass is 9.86. The lowest BCUT2D eigenvalue weighted by Gasteiger charge is -2.30. The number of sulfonamides is 1. The van der Waals surface area contributed by atoms with E-state index in [0.29, 0.717) is 21.8 Å². The van der Waals surface area contributed by atoms with Crippen LogP contribution < -0.4 is 0 Å². The first-order valence-electron chi connectivity index (χ1n) is 6.71. The van der Waals surface area contributed by atoms with Gasteiger partial charge >= 0.3 is 0 Å². The number of hydrogen-bond acceptors (Lipinski definition) is 3. The van der Waals surface area contributed by atoms with Gasteiger partial charge in [0, 0.05) is 29.5 Å². The van der Waals surface area contributed by atoms with E-state index in [1.807, 2.05) is 0 Å². The predicted molar refractivity (Wildman–Crippen MR) is 76.2 cm³/mol. The smallest absolute Gasteiger partial charge is 0.244 e. The number of hydrogen-bond donors (Lipinski definition) is 0. The third-order valence-electron chi connectivity index (χ3n) is 4.25. The Kier molecular flexibility index (Phi) is 3.66. The molecular weight excluding hydrogens is 328 g/mol. The van der Waals surface area contributed by atoms with Crippen molar-refractivity contribution in [2.24, 2.45) is 5.92 Å². The van der Waals surface area contributed by atoms with Gasteiger partial charge in [-0.05, 0) is 47.2 Å². The molecule has 3 rings (SSSR count). The average Bonchev–Trinajstić information content (AvgIpc) is 2.83. The number of aromatic nitrogens is 1. The van der Waals surface area contributed by atoms with Gasteiger partial charge in [0.25, 0.3) is 0 Å². The van der Waals surface area contributed by atoms with Gasteiger partial charge in [0.2, 0.25) is 10.0 Å². The van der Waals surface area contributed by atoms with Gasteiger partial charge in [0.1, 0.15) is 4.90 Å². The second-order valence-electron chi connectivity index (χ2n) is 5.36. The topological polar surface area (TPSA) is 50.3 Å². The minimum atomic E-state index is -3.39. The van der Waals surface area contributed by atoms with Crippen LogP contribution in [-0.4, -0.2) is 30.3 Å². The summed E-state index contributed by atoms with van der Waals surface area (Å²) in [7, 11) is -3.39. The van der Waals surface area contributed by atoms with Gasteiger partial charge in [-0.25, -0.2) is 8.42 Å². The highest BCUT2D eigenvalue weighted by Crippen LogP contribution is 2.39. The van der Waals surface area contributed by atoms with Gasteiger partial charge in [-0.1, -0.05) is 12.8 Å². The van der Waals surface area contributed by atoms with E-state index < -0.39 is 10.0 Å². The average molecular weight is 345 g/mol. The lowest BCUT2D eigenvalue weighted by Crippen LogP contribution is -2.39. The number of halogens is 1. The van der Waals surface area contributed by atoms with Crippen LogP contribution in [0.5, 0.6) is 0 Å². The molecule has 2 heterocycles. The lowest BCUT2D eigenvalue weighted by molar-refractivity contribution is 0.260. The van der Waals surface area contributed by atoms with Gasteiger partial charge in [-0.15, -0.1) is 0 Å². The van der Waals surface area contributed by atoms with Crippen LogP contribution in [0.15, 0.2) is 27.8 Å².